The molecule has 0 saturated carbocycles. The molecule has 0 aliphatic heterocycles. The summed E-state index contributed by atoms with van der Waals surface area (Å²) in [6, 6.07) is 5.96. The summed E-state index contributed by atoms with van der Waals surface area (Å²) < 4.78 is 11.2. The van der Waals surface area contributed by atoms with Gasteiger partial charge in [0, 0.05) is 11.6 Å². The van der Waals surface area contributed by atoms with Gasteiger partial charge in [-0.15, -0.1) is 0 Å². The molecule has 4 nitrogen and oxygen atoms in total. The number of ether oxygens (including phenoxy) is 2. The van der Waals surface area contributed by atoms with Gasteiger partial charge >= 0.3 is 0 Å². The molecule has 0 aliphatic rings. The third-order valence-electron chi connectivity index (χ3n) is 3.35. The molecule has 0 amide bonds. The maximum absolute atomic E-state index is 9.14. The Hall–Kier alpha value is -1.26. The molecule has 1 rings (SSSR count). The van der Waals surface area contributed by atoms with Crippen LogP contribution in [0, 0.1) is 0 Å². The lowest BCUT2D eigenvalue weighted by Crippen LogP contribution is -2.30. The van der Waals surface area contributed by atoms with E-state index in [2.05, 4.69) is 26.1 Å². The minimum Gasteiger partial charge on any atom is -0.497 e. The maximum atomic E-state index is 9.14. The zero-order valence-corrected chi connectivity index (χ0v) is 13.2. The van der Waals surface area contributed by atoms with Crippen LogP contribution in [0.15, 0.2) is 18.2 Å². The molecule has 114 valence electrons. The first-order chi connectivity index (χ1) is 9.42. The average molecular weight is 281 g/mol. The van der Waals surface area contributed by atoms with Crippen molar-refractivity contribution in [3.63, 3.8) is 0 Å². The number of rotatable bonds is 7. The molecule has 0 spiro atoms. The Balaban J connectivity index is 2.79. The SMILES string of the molecule is CNC(CO)CCOc1ccc(OC)cc1C(C)(C)C. The van der Waals surface area contributed by atoms with Gasteiger partial charge in [0.05, 0.1) is 20.3 Å². The standard InChI is InChI=1S/C16H27NO3/c1-16(2,3)14-10-13(19-5)6-7-15(14)20-9-8-12(11-18)17-4/h6-7,10,12,17-18H,8-9,11H2,1-5H3. The van der Waals surface area contributed by atoms with Gasteiger partial charge in [0.15, 0.2) is 0 Å². The molecule has 1 aromatic rings. The number of aliphatic hydroxyl groups is 1. The van der Waals surface area contributed by atoms with E-state index in [1.165, 1.54) is 0 Å². The van der Waals surface area contributed by atoms with E-state index in [0.717, 1.165) is 23.5 Å². The molecule has 4 heteroatoms. The maximum Gasteiger partial charge on any atom is 0.123 e. The second-order valence-corrected chi connectivity index (χ2v) is 5.92. The van der Waals surface area contributed by atoms with Crippen LogP contribution in [0.1, 0.15) is 32.8 Å². The molecule has 0 radical (unpaired) electrons. The first kappa shape index (κ1) is 16.8. The lowest BCUT2D eigenvalue weighted by molar-refractivity contribution is 0.212. The van der Waals surface area contributed by atoms with E-state index in [1.54, 1.807) is 7.11 Å². The van der Waals surface area contributed by atoms with Gasteiger partial charge < -0.3 is 19.9 Å². The predicted octanol–water partition coefficient (Wildman–Crippen LogP) is 2.34. The van der Waals surface area contributed by atoms with Crippen LogP contribution in [0.4, 0.5) is 0 Å². The molecule has 0 aliphatic carbocycles. The summed E-state index contributed by atoms with van der Waals surface area (Å²) in [6.45, 7) is 7.15. The van der Waals surface area contributed by atoms with E-state index in [-0.39, 0.29) is 18.1 Å². The molecule has 0 bridgehead atoms. The number of hydrogen-bond donors (Lipinski definition) is 2. The van der Waals surface area contributed by atoms with Gasteiger partial charge in [-0.1, -0.05) is 20.8 Å². The van der Waals surface area contributed by atoms with E-state index in [0.29, 0.717) is 6.61 Å². The highest BCUT2D eigenvalue weighted by atomic mass is 16.5. The number of aliphatic hydroxyl groups excluding tert-OH is 1. The fraction of sp³-hybridized carbons (Fsp3) is 0.625. The van der Waals surface area contributed by atoms with E-state index in [1.807, 2.05) is 25.2 Å². The van der Waals surface area contributed by atoms with Gasteiger partial charge in [-0.3, -0.25) is 0 Å². The summed E-state index contributed by atoms with van der Waals surface area (Å²) in [4.78, 5) is 0. The first-order valence-corrected chi connectivity index (χ1v) is 7.01. The number of nitrogens with one attached hydrogen (secondary N) is 1. The molecule has 1 unspecified atom stereocenters. The number of benzene rings is 1. The van der Waals surface area contributed by atoms with Crippen LogP contribution in [-0.4, -0.2) is 38.5 Å². The van der Waals surface area contributed by atoms with Gasteiger partial charge in [-0.2, -0.15) is 0 Å². The monoisotopic (exact) mass is 281 g/mol. The minimum atomic E-state index is -0.0107. The number of hydrogen-bond acceptors (Lipinski definition) is 4. The van der Waals surface area contributed by atoms with Crippen molar-refractivity contribution in [1.29, 1.82) is 0 Å². The normalized spacial score (nSPS) is 13.1. The predicted molar refractivity (Wildman–Crippen MR) is 81.7 cm³/mol. The van der Waals surface area contributed by atoms with Crippen molar-refractivity contribution in [3.05, 3.63) is 23.8 Å². The average Bonchev–Trinajstić information content (AvgIpc) is 2.42. The van der Waals surface area contributed by atoms with E-state index in [4.69, 9.17) is 14.6 Å². The summed E-state index contributed by atoms with van der Waals surface area (Å²) in [5.74, 6) is 1.72. The van der Waals surface area contributed by atoms with Crippen LogP contribution in [0.3, 0.4) is 0 Å². The Morgan fingerprint density at radius 3 is 2.50 bits per heavy atom. The zero-order valence-electron chi connectivity index (χ0n) is 13.2. The summed E-state index contributed by atoms with van der Waals surface area (Å²) in [5, 5.41) is 12.2. The lowest BCUT2D eigenvalue weighted by Gasteiger charge is -2.24. The molecule has 1 aromatic carbocycles. The van der Waals surface area contributed by atoms with E-state index >= 15 is 0 Å². The second kappa shape index (κ2) is 7.50. The van der Waals surface area contributed by atoms with Crippen molar-refractivity contribution in [2.45, 2.75) is 38.6 Å². The smallest absolute Gasteiger partial charge is 0.123 e. The summed E-state index contributed by atoms with van der Waals surface area (Å²) in [5.41, 5.74) is 1.12. The van der Waals surface area contributed by atoms with Gasteiger partial charge in [0.1, 0.15) is 11.5 Å². The first-order valence-electron chi connectivity index (χ1n) is 7.01. The third kappa shape index (κ3) is 4.69. The highest BCUT2D eigenvalue weighted by Gasteiger charge is 2.20. The fourth-order valence-corrected chi connectivity index (χ4v) is 1.99. The number of methoxy groups -OCH3 is 1. The molecular formula is C16H27NO3. The Morgan fingerprint density at radius 1 is 1.30 bits per heavy atom. The Bertz CT molecular complexity index is 409. The molecule has 0 saturated heterocycles. The molecular weight excluding hydrogens is 254 g/mol. The summed E-state index contributed by atoms with van der Waals surface area (Å²) in [6.07, 6.45) is 0.766. The summed E-state index contributed by atoms with van der Waals surface area (Å²) >= 11 is 0. The van der Waals surface area contributed by atoms with Crippen LogP contribution in [0.25, 0.3) is 0 Å². The van der Waals surface area contributed by atoms with Crippen molar-refractivity contribution in [1.82, 2.24) is 5.32 Å². The van der Waals surface area contributed by atoms with Crippen LogP contribution in [0.2, 0.25) is 0 Å². The summed E-state index contributed by atoms with van der Waals surface area (Å²) in [7, 11) is 3.51. The molecule has 0 fully saturated rings. The van der Waals surface area contributed by atoms with Crippen LogP contribution in [0.5, 0.6) is 11.5 Å². The fourth-order valence-electron chi connectivity index (χ4n) is 1.99. The Morgan fingerprint density at radius 2 is 2.00 bits per heavy atom. The van der Waals surface area contributed by atoms with Crippen molar-refractivity contribution in [2.75, 3.05) is 27.4 Å². The molecule has 2 N–H and O–H groups in total. The van der Waals surface area contributed by atoms with Crippen molar-refractivity contribution in [2.24, 2.45) is 0 Å². The zero-order chi connectivity index (χ0) is 15.2. The topological polar surface area (TPSA) is 50.7 Å². The van der Waals surface area contributed by atoms with Crippen molar-refractivity contribution < 1.29 is 14.6 Å². The van der Waals surface area contributed by atoms with Gasteiger partial charge in [0.25, 0.3) is 0 Å². The highest BCUT2D eigenvalue weighted by Crippen LogP contribution is 2.34. The Kier molecular flexibility index (Phi) is 6.30. The van der Waals surface area contributed by atoms with E-state index in [9.17, 15) is 0 Å². The van der Waals surface area contributed by atoms with Crippen LogP contribution < -0.4 is 14.8 Å². The minimum absolute atomic E-state index is 0.0107. The van der Waals surface area contributed by atoms with Crippen LogP contribution >= 0.6 is 0 Å². The largest absolute Gasteiger partial charge is 0.497 e. The second-order valence-electron chi connectivity index (χ2n) is 5.92. The molecule has 20 heavy (non-hydrogen) atoms. The van der Waals surface area contributed by atoms with Crippen molar-refractivity contribution in [3.8, 4) is 11.5 Å². The molecule has 0 heterocycles. The quantitative estimate of drug-likeness (QED) is 0.805. The lowest BCUT2D eigenvalue weighted by atomic mass is 9.86. The van der Waals surface area contributed by atoms with Crippen LogP contribution in [-0.2, 0) is 5.41 Å². The molecule has 1 atom stereocenters. The highest BCUT2D eigenvalue weighted by molar-refractivity contribution is 5.44. The van der Waals surface area contributed by atoms with Gasteiger partial charge in [0.2, 0.25) is 0 Å². The van der Waals surface area contributed by atoms with Gasteiger partial charge in [-0.05, 0) is 37.1 Å². The van der Waals surface area contributed by atoms with Crippen molar-refractivity contribution >= 4 is 0 Å². The number of likely N-dealkylation sites (N-methyl/N-ethyl adjacent to an activating group) is 1. The third-order valence-corrected chi connectivity index (χ3v) is 3.35. The Labute approximate surface area is 122 Å². The van der Waals surface area contributed by atoms with Gasteiger partial charge in [-0.25, -0.2) is 0 Å². The van der Waals surface area contributed by atoms with E-state index < -0.39 is 0 Å². The molecule has 0 aromatic heterocycles.